The van der Waals surface area contributed by atoms with Gasteiger partial charge in [-0.3, -0.25) is 10.1 Å². The summed E-state index contributed by atoms with van der Waals surface area (Å²) in [5, 5.41) is 22.8. The van der Waals surface area contributed by atoms with Crippen LogP contribution in [-0.2, 0) is 14.8 Å². The number of hydrogen-bond donors (Lipinski definition) is 0. The van der Waals surface area contributed by atoms with Gasteiger partial charge in [0.1, 0.15) is 0 Å². The molecule has 0 atom stereocenters. The maximum absolute atomic E-state index is 12.4. The second-order valence-corrected chi connectivity index (χ2v) is 6.90. The normalized spacial score (nSPS) is 13.6. The first-order valence-electron chi connectivity index (χ1n) is 7.84. The number of sulfonamides is 1. The third-order valence-electron chi connectivity index (χ3n) is 3.40. The van der Waals surface area contributed by atoms with Crippen molar-refractivity contribution in [1.29, 1.82) is 0 Å². The monoisotopic (exact) mass is 377 g/mol. The van der Waals surface area contributed by atoms with Gasteiger partial charge in [0.25, 0.3) is 15.7 Å². The molecule has 138 valence electrons. The number of hydrogen-bond acceptors (Lipinski definition) is 6. The summed E-state index contributed by atoms with van der Waals surface area (Å²) in [5.74, 6) is -0.508. The summed E-state index contributed by atoms with van der Waals surface area (Å²) >= 11 is 0. The molecule has 0 radical (unpaired) electrons. The van der Waals surface area contributed by atoms with Gasteiger partial charge in [-0.05, 0) is 36.8 Å². The molecule has 1 aliphatic carbocycles. The molecule has 0 saturated carbocycles. The number of rotatable bonds is 7. The molecule has 1 aromatic rings. The van der Waals surface area contributed by atoms with E-state index < -0.39 is 31.5 Å². The number of para-hydroxylation sites is 1. The van der Waals surface area contributed by atoms with E-state index in [9.17, 15) is 23.6 Å². The van der Waals surface area contributed by atoms with Gasteiger partial charge in [-0.1, -0.05) is 37.6 Å². The van der Waals surface area contributed by atoms with Crippen LogP contribution in [0.3, 0.4) is 0 Å². The molecule has 0 amide bonds. The number of nitro groups is 1. The molecule has 0 N–H and O–H groups in total. The average Bonchev–Trinajstić information content (AvgIpc) is 2.62. The van der Waals surface area contributed by atoms with Gasteiger partial charge in [-0.15, -0.1) is 0 Å². The molecule has 1 aromatic carbocycles. The topological polar surface area (TPSA) is 122 Å². The lowest BCUT2D eigenvalue weighted by Gasteiger charge is -2.18. The molecule has 0 aliphatic heterocycles. The number of nitrogens with zero attached hydrogens (tertiary/aromatic N) is 2. The molecule has 26 heavy (non-hydrogen) atoms. The van der Waals surface area contributed by atoms with Gasteiger partial charge in [0.2, 0.25) is 0 Å². The number of nitro benzene ring substituents is 1. The summed E-state index contributed by atoms with van der Waals surface area (Å²) in [6, 6.07) is 4.97. The number of unbranched alkanes of at least 4 members (excludes halogenated alkanes) is 1. The molecule has 0 bridgehead atoms. The zero-order valence-electron chi connectivity index (χ0n) is 14.0. The van der Waals surface area contributed by atoms with Gasteiger partial charge < -0.3 is 9.84 Å². The van der Waals surface area contributed by atoms with Gasteiger partial charge in [0.05, 0.1) is 16.6 Å². The second-order valence-electron chi connectivity index (χ2n) is 5.33. The van der Waals surface area contributed by atoms with Crippen LogP contribution in [0.5, 0.6) is 0 Å². The van der Waals surface area contributed by atoms with Crippen LogP contribution in [0.4, 0.5) is 5.69 Å². The van der Waals surface area contributed by atoms with Crippen molar-refractivity contribution in [3.8, 4) is 0 Å². The maximum atomic E-state index is 12.4. The number of benzene rings is 1. The summed E-state index contributed by atoms with van der Waals surface area (Å²) in [6.45, 7) is 2.29. The van der Waals surface area contributed by atoms with Crippen molar-refractivity contribution in [2.45, 2.75) is 24.7 Å². The predicted molar refractivity (Wildman–Crippen MR) is 93.9 cm³/mol. The molecular formula is C17H17N2O6S-. The minimum absolute atomic E-state index is 0.0493. The van der Waals surface area contributed by atoms with E-state index in [4.69, 9.17) is 4.74 Å². The van der Waals surface area contributed by atoms with Crippen LogP contribution in [0.2, 0.25) is 0 Å². The van der Waals surface area contributed by atoms with E-state index in [1.807, 2.05) is 6.92 Å². The fourth-order valence-electron chi connectivity index (χ4n) is 2.06. The fraction of sp³-hybridized carbons (Fsp3) is 0.235. The minimum Gasteiger partial charge on any atom is -0.613 e. The summed E-state index contributed by atoms with van der Waals surface area (Å²) in [6.07, 6.45) is 7.11. The van der Waals surface area contributed by atoms with E-state index in [1.165, 1.54) is 36.4 Å². The Hall–Kier alpha value is -2.94. The van der Waals surface area contributed by atoms with Gasteiger partial charge >= 0.3 is 0 Å². The molecule has 8 nitrogen and oxygen atoms in total. The number of ether oxygens (including phenoxy) is 1. The van der Waals surface area contributed by atoms with Crippen molar-refractivity contribution in [2.75, 3.05) is 6.61 Å². The van der Waals surface area contributed by atoms with E-state index in [0.29, 0.717) is 6.61 Å². The Morgan fingerprint density at radius 3 is 2.46 bits per heavy atom. The molecule has 0 saturated heterocycles. The molecule has 9 heteroatoms. The van der Waals surface area contributed by atoms with Gasteiger partial charge in [-0.25, -0.2) is 0 Å². The molecule has 1 aliphatic rings. The maximum Gasteiger partial charge on any atom is 0.289 e. The zero-order valence-corrected chi connectivity index (χ0v) is 14.8. The van der Waals surface area contributed by atoms with E-state index in [1.54, 1.807) is 0 Å². The van der Waals surface area contributed by atoms with Crippen LogP contribution >= 0.6 is 0 Å². The van der Waals surface area contributed by atoms with E-state index in [-0.39, 0.29) is 11.3 Å². The molecule has 0 spiro atoms. The third-order valence-corrected chi connectivity index (χ3v) is 4.75. The van der Waals surface area contributed by atoms with Crippen LogP contribution < -0.4 is 5.11 Å². The van der Waals surface area contributed by atoms with E-state index in [2.05, 4.69) is 4.40 Å². The van der Waals surface area contributed by atoms with Crippen molar-refractivity contribution in [3.63, 3.8) is 0 Å². The third kappa shape index (κ3) is 4.79. The highest BCUT2D eigenvalue weighted by atomic mass is 32.2. The first-order chi connectivity index (χ1) is 12.3. The van der Waals surface area contributed by atoms with Crippen molar-refractivity contribution in [2.24, 2.45) is 4.40 Å². The average molecular weight is 377 g/mol. The van der Waals surface area contributed by atoms with Crippen molar-refractivity contribution in [3.05, 3.63) is 70.2 Å². The van der Waals surface area contributed by atoms with Gasteiger partial charge in [0.15, 0.2) is 4.90 Å². The highest BCUT2D eigenvalue weighted by Crippen LogP contribution is 2.25. The molecule has 0 unspecified atom stereocenters. The Morgan fingerprint density at radius 2 is 1.85 bits per heavy atom. The van der Waals surface area contributed by atoms with Gasteiger partial charge in [0, 0.05) is 6.07 Å². The standard InChI is InChI=1S/C17H18N2O6S/c1-2-3-12-25-17(20)13-8-10-14(11-9-13)18-26(23,24)16-7-5-4-6-15(16)19(21)22/h4-11,20H,2-3,12H2,1H3/p-1. The largest absolute Gasteiger partial charge is 0.613 e. The van der Waals surface area contributed by atoms with Crippen LogP contribution in [0, 0.1) is 10.1 Å². The smallest absolute Gasteiger partial charge is 0.289 e. The molecule has 0 aromatic heterocycles. The van der Waals surface area contributed by atoms with Crippen LogP contribution in [0.25, 0.3) is 0 Å². The molecule has 2 rings (SSSR count). The number of allylic oxidation sites excluding steroid dienone is 5. The van der Waals surface area contributed by atoms with Crippen LogP contribution in [0.1, 0.15) is 19.8 Å². The lowest BCUT2D eigenvalue weighted by Crippen LogP contribution is -2.12. The van der Waals surface area contributed by atoms with Crippen LogP contribution in [0.15, 0.2) is 69.4 Å². The first-order valence-corrected chi connectivity index (χ1v) is 9.28. The Bertz CT molecular complexity index is 895. The Balaban J connectivity index is 2.25. The fourth-order valence-corrected chi connectivity index (χ4v) is 3.22. The zero-order chi connectivity index (χ0) is 19.2. The van der Waals surface area contributed by atoms with Crippen molar-refractivity contribution < 1.29 is 23.2 Å². The lowest BCUT2D eigenvalue weighted by atomic mass is 10.1. The Labute approximate surface area is 151 Å². The summed E-state index contributed by atoms with van der Waals surface area (Å²) in [7, 11) is -4.27. The lowest BCUT2D eigenvalue weighted by molar-refractivity contribution is -0.387. The molecule has 0 heterocycles. The summed E-state index contributed by atoms with van der Waals surface area (Å²) < 4.78 is 33.4. The second kappa shape index (κ2) is 8.43. The minimum atomic E-state index is -4.27. The first kappa shape index (κ1) is 19.4. The van der Waals surface area contributed by atoms with Crippen LogP contribution in [-0.4, -0.2) is 25.7 Å². The Kier molecular flexibility index (Phi) is 6.29. The highest BCUT2D eigenvalue weighted by molar-refractivity contribution is 7.90. The van der Waals surface area contributed by atoms with Crippen molar-refractivity contribution >= 4 is 21.4 Å². The predicted octanol–water partition coefficient (Wildman–Crippen LogP) is 2.24. The highest BCUT2D eigenvalue weighted by Gasteiger charge is 2.24. The van der Waals surface area contributed by atoms with E-state index in [0.717, 1.165) is 25.0 Å². The molecule has 0 fully saturated rings. The summed E-state index contributed by atoms with van der Waals surface area (Å²) in [5.41, 5.74) is -0.233. The van der Waals surface area contributed by atoms with E-state index >= 15 is 0 Å². The quantitative estimate of drug-likeness (QED) is 0.311. The SMILES string of the molecule is CCCCOC([O-])=C1C=CC(=NS(=O)(=O)c2ccccc2[N+](=O)[O-])C=C1. The van der Waals surface area contributed by atoms with Gasteiger partial charge in [-0.2, -0.15) is 12.8 Å². The van der Waals surface area contributed by atoms with Crippen molar-refractivity contribution in [1.82, 2.24) is 0 Å². The Morgan fingerprint density at radius 1 is 1.19 bits per heavy atom. The molecular weight excluding hydrogens is 360 g/mol. The summed E-state index contributed by atoms with van der Waals surface area (Å²) in [4.78, 5) is 9.72.